The molecule has 0 fully saturated rings. The van der Waals surface area contributed by atoms with Crippen molar-refractivity contribution in [2.24, 2.45) is 0 Å². The van der Waals surface area contributed by atoms with Gasteiger partial charge in [-0.15, -0.1) is 0 Å². The number of aromatic nitrogens is 1. The number of benzene rings is 1. The van der Waals surface area contributed by atoms with Gasteiger partial charge in [-0.2, -0.15) is 0 Å². The summed E-state index contributed by atoms with van der Waals surface area (Å²) in [6.45, 7) is 5.78. The van der Waals surface area contributed by atoms with Gasteiger partial charge < -0.3 is 10.1 Å². The maximum atomic E-state index is 11.7. The Bertz CT molecular complexity index is 588. The quantitative estimate of drug-likeness (QED) is 0.920. The van der Waals surface area contributed by atoms with Crippen LogP contribution in [0.15, 0.2) is 36.5 Å². The summed E-state index contributed by atoms with van der Waals surface area (Å²) in [5.41, 5.74) is 1.27. The van der Waals surface area contributed by atoms with Crippen molar-refractivity contribution in [3.8, 4) is 0 Å². The average Bonchev–Trinajstić information content (AvgIpc) is 2.35. The minimum atomic E-state index is -0.320. The fourth-order valence-electron chi connectivity index (χ4n) is 1.62. The Morgan fingerprint density at radius 1 is 1.32 bits per heavy atom. The SMILES string of the molecule is CC(C)(C)OCC(=O)Nc1cnc2ccccc2c1. The summed E-state index contributed by atoms with van der Waals surface area (Å²) in [5.74, 6) is -0.174. The topological polar surface area (TPSA) is 51.2 Å². The number of para-hydroxylation sites is 1. The minimum absolute atomic E-state index is 0.0380. The van der Waals surface area contributed by atoms with Crippen LogP contribution in [0.3, 0.4) is 0 Å². The van der Waals surface area contributed by atoms with Crippen molar-refractivity contribution in [2.45, 2.75) is 26.4 Å². The zero-order chi connectivity index (χ0) is 13.9. The van der Waals surface area contributed by atoms with Gasteiger partial charge in [0.25, 0.3) is 0 Å². The molecule has 0 atom stereocenters. The number of pyridine rings is 1. The highest BCUT2D eigenvalue weighted by Crippen LogP contribution is 2.16. The van der Waals surface area contributed by atoms with Crippen LogP contribution in [0, 0.1) is 0 Å². The van der Waals surface area contributed by atoms with Crippen molar-refractivity contribution < 1.29 is 9.53 Å². The first-order chi connectivity index (χ1) is 8.94. The first kappa shape index (κ1) is 13.5. The Balaban J connectivity index is 2.03. The molecule has 0 spiro atoms. The van der Waals surface area contributed by atoms with Gasteiger partial charge in [0, 0.05) is 5.39 Å². The molecule has 4 nitrogen and oxygen atoms in total. The standard InChI is InChI=1S/C15H18N2O2/c1-15(2,3)19-10-14(18)17-12-8-11-6-4-5-7-13(11)16-9-12/h4-9H,10H2,1-3H3,(H,17,18). The molecule has 1 amide bonds. The molecular weight excluding hydrogens is 240 g/mol. The second kappa shape index (κ2) is 5.36. The molecule has 100 valence electrons. The molecule has 0 bridgehead atoms. The van der Waals surface area contributed by atoms with Crippen LogP contribution < -0.4 is 5.32 Å². The predicted molar refractivity (Wildman–Crippen MR) is 76.1 cm³/mol. The lowest BCUT2D eigenvalue weighted by Gasteiger charge is -2.18. The van der Waals surface area contributed by atoms with Crippen LogP contribution >= 0.6 is 0 Å². The summed E-state index contributed by atoms with van der Waals surface area (Å²) in [7, 11) is 0. The van der Waals surface area contributed by atoms with Crippen molar-refractivity contribution in [3.63, 3.8) is 0 Å². The Hall–Kier alpha value is -1.94. The van der Waals surface area contributed by atoms with E-state index in [0.717, 1.165) is 10.9 Å². The van der Waals surface area contributed by atoms with Gasteiger partial charge in [-0.3, -0.25) is 9.78 Å². The highest BCUT2D eigenvalue weighted by molar-refractivity contribution is 5.93. The van der Waals surface area contributed by atoms with E-state index in [-0.39, 0.29) is 18.1 Å². The maximum absolute atomic E-state index is 11.7. The molecule has 2 aromatic rings. The molecule has 4 heteroatoms. The Labute approximate surface area is 112 Å². The molecule has 1 heterocycles. The number of carbonyl (C=O) groups excluding carboxylic acids is 1. The largest absolute Gasteiger partial charge is 0.366 e. The number of rotatable bonds is 3. The molecule has 0 aliphatic heterocycles. The van der Waals surface area contributed by atoms with Crippen LogP contribution in [0.4, 0.5) is 5.69 Å². The van der Waals surface area contributed by atoms with Crippen LogP contribution in [-0.4, -0.2) is 23.1 Å². The zero-order valence-electron chi connectivity index (χ0n) is 11.4. The fourth-order valence-corrected chi connectivity index (χ4v) is 1.62. The average molecular weight is 258 g/mol. The van der Waals surface area contributed by atoms with Gasteiger partial charge in [-0.05, 0) is 32.9 Å². The number of nitrogens with one attached hydrogen (secondary N) is 1. The lowest BCUT2D eigenvalue weighted by atomic mass is 10.2. The molecule has 1 aromatic heterocycles. The minimum Gasteiger partial charge on any atom is -0.366 e. The number of amides is 1. The first-order valence-corrected chi connectivity index (χ1v) is 6.23. The van der Waals surface area contributed by atoms with Gasteiger partial charge in [0.2, 0.25) is 5.91 Å². The molecule has 1 N–H and O–H groups in total. The van der Waals surface area contributed by atoms with Gasteiger partial charge in [-0.1, -0.05) is 18.2 Å². The van der Waals surface area contributed by atoms with Crippen molar-refractivity contribution in [1.82, 2.24) is 4.98 Å². The molecule has 19 heavy (non-hydrogen) atoms. The maximum Gasteiger partial charge on any atom is 0.250 e. The van der Waals surface area contributed by atoms with Gasteiger partial charge in [0.05, 0.1) is 23.0 Å². The van der Waals surface area contributed by atoms with Gasteiger partial charge in [0.15, 0.2) is 0 Å². The highest BCUT2D eigenvalue weighted by Gasteiger charge is 2.13. The molecule has 0 saturated heterocycles. The van der Waals surface area contributed by atoms with Crippen molar-refractivity contribution >= 4 is 22.5 Å². The van der Waals surface area contributed by atoms with Crippen LogP contribution in [0.5, 0.6) is 0 Å². The normalized spacial score (nSPS) is 11.5. The monoisotopic (exact) mass is 258 g/mol. The molecular formula is C15H18N2O2. The molecule has 1 aromatic carbocycles. The van der Waals surface area contributed by atoms with Crippen molar-refractivity contribution in [2.75, 3.05) is 11.9 Å². The Kier molecular flexibility index (Phi) is 3.81. The number of ether oxygens (including phenoxy) is 1. The predicted octanol–water partition coefficient (Wildman–Crippen LogP) is 2.99. The second-order valence-electron chi connectivity index (χ2n) is 5.37. The fraction of sp³-hybridized carbons (Fsp3) is 0.333. The number of nitrogens with zero attached hydrogens (tertiary/aromatic N) is 1. The molecule has 0 radical (unpaired) electrons. The first-order valence-electron chi connectivity index (χ1n) is 6.23. The van der Waals surface area contributed by atoms with Crippen molar-refractivity contribution in [3.05, 3.63) is 36.5 Å². The molecule has 0 aliphatic carbocycles. The number of hydrogen-bond acceptors (Lipinski definition) is 3. The van der Waals surface area contributed by atoms with Crippen LogP contribution in [0.25, 0.3) is 10.9 Å². The summed E-state index contributed by atoms with van der Waals surface area (Å²) in [4.78, 5) is 16.0. The van der Waals surface area contributed by atoms with E-state index in [1.165, 1.54) is 0 Å². The molecule has 0 aliphatic rings. The summed E-state index contributed by atoms with van der Waals surface area (Å²) in [5, 5.41) is 3.78. The van der Waals surface area contributed by atoms with E-state index in [2.05, 4.69) is 10.3 Å². The van der Waals surface area contributed by atoms with Gasteiger partial charge in [0.1, 0.15) is 6.61 Å². The lowest BCUT2D eigenvalue weighted by Crippen LogP contribution is -2.27. The third-order valence-corrected chi connectivity index (χ3v) is 2.51. The van der Waals surface area contributed by atoms with E-state index < -0.39 is 0 Å². The smallest absolute Gasteiger partial charge is 0.250 e. The lowest BCUT2D eigenvalue weighted by molar-refractivity contribution is -0.125. The summed E-state index contributed by atoms with van der Waals surface area (Å²) in [6.07, 6.45) is 1.65. The third kappa shape index (κ3) is 4.03. The van der Waals surface area contributed by atoms with Gasteiger partial charge >= 0.3 is 0 Å². The summed E-state index contributed by atoms with van der Waals surface area (Å²) >= 11 is 0. The Morgan fingerprint density at radius 2 is 2.05 bits per heavy atom. The molecule has 0 unspecified atom stereocenters. The van der Waals surface area contributed by atoms with E-state index in [1.807, 2.05) is 51.1 Å². The zero-order valence-corrected chi connectivity index (χ0v) is 11.4. The molecule has 0 saturated carbocycles. The summed E-state index contributed by atoms with van der Waals surface area (Å²) in [6, 6.07) is 9.67. The molecule has 2 rings (SSSR count). The van der Waals surface area contributed by atoms with Crippen LogP contribution in [0.1, 0.15) is 20.8 Å². The number of carbonyl (C=O) groups is 1. The van der Waals surface area contributed by atoms with Crippen LogP contribution in [-0.2, 0) is 9.53 Å². The second-order valence-corrected chi connectivity index (χ2v) is 5.37. The van der Waals surface area contributed by atoms with E-state index >= 15 is 0 Å². The van der Waals surface area contributed by atoms with E-state index in [4.69, 9.17) is 4.74 Å². The van der Waals surface area contributed by atoms with Crippen molar-refractivity contribution in [1.29, 1.82) is 0 Å². The number of hydrogen-bond donors (Lipinski definition) is 1. The highest BCUT2D eigenvalue weighted by atomic mass is 16.5. The van der Waals surface area contributed by atoms with E-state index in [1.54, 1.807) is 6.20 Å². The van der Waals surface area contributed by atoms with E-state index in [0.29, 0.717) is 5.69 Å². The van der Waals surface area contributed by atoms with E-state index in [9.17, 15) is 4.79 Å². The Morgan fingerprint density at radius 3 is 2.79 bits per heavy atom. The van der Waals surface area contributed by atoms with Crippen LogP contribution in [0.2, 0.25) is 0 Å². The number of fused-ring (bicyclic) bond motifs is 1. The van der Waals surface area contributed by atoms with Gasteiger partial charge in [-0.25, -0.2) is 0 Å². The third-order valence-electron chi connectivity index (χ3n) is 2.51. The summed E-state index contributed by atoms with van der Waals surface area (Å²) < 4.78 is 5.42. The number of anilines is 1.